The summed E-state index contributed by atoms with van der Waals surface area (Å²) in [6, 6.07) is 7.87. The quantitative estimate of drug-likeness (QED) is 0.767. The van der Waals surface area contributed by atoms with Crippen molar-refractivity contribution in [2.45, 2.75) is 17.9 Å². The smallest absolute Gasteiger partial charge is 0.263 e. The normalized spacial score (nSPS) is 15.6. The average molecular weight is 426 g/mol. The van der Waals surface area contributed by atoms with Gasteiger partial charge in [-0.15, -0.1) is 0 Å². The molecule has 2 aromatic rings. The van der Waals surface area contributed by atoms with Gasteiger partial charge in [-0.25, -0.2) is 17.2 Å². The summed E-state index contributed by atoms with van der Waals surface area (Å²) in [5.74, 6) is -1.71. The molecule has 0 bridgehead atoms. The molecular formula is C19H20F2N2O5S. The maximum Gasteiger partial charge on any atom is 0.263 e. The second-order valence-corrected chi connectivity index (χ2v) is 8.08. The van der Waals surface area contributed by atoms with Crippen molar-refractivity contribution in [3.63, 3.8) is 0 Å². The molecule has 1 aliphatic rings. The number of carbonyl (C=O) groups excluding carboxylic acids is 1. The number of carbonyl (C=O) groups is 1. The van der Waals surface area contributed by atoms with Crippen LogP contribution in [0.2, 0.25) is 0 Å². The molecule has 0 unspecified atom stereocenters. The number of amides is 1. The summed E-state index contributed by atoms with van der Waals surface area (Å²) in [7, 11) is -4.08. The highest BCUT2D eigenvalue weighted by Gasteiger charge is 2.24. The Morgan fingerprint density at radius 3 is 2.41 bits per heavy atom. The summed E-state index contributed by atoms with van der Waals surface area (Å²) in [6.45, 7) is 3.56. The first-order valence-electron chi connectivity index (χ1n) is 8.87. The molecule has 1 saturated heterocycles. The minimum Gasteiger partial charge on any atom is -0.481 e. The molecular weight excluding hydrogens is 406 g/mol. The Balaban J connectivity index is 1.66. The van der Waals surface area contributed by atoms with E-state index in [4.69, 9.17) is 9.47 Å². The molecule has 0 aliphatic carbocycles. The fourth-order valence-electron chi connectivity index (χ4n) is 2.77. The fraction of sp³-hybridized carbons (Fsp3) is 0.316. The zero-order valence-electron chi connectivity index (χ0n) is 15.6. The van der Waals surface area contributed by atoms with Gasteiger partial charge in [0.25, 0.3) is 15.9 Å². The van der Waals surface area contributed by atoms with Crippen molar-refractivity contribution in [3.05, 3.63) is 54.1 Å². The van der Waals surface area contributed by atoms with Crippen molar-refractivity contribution in [2.24, 2.45) is 0 Å². The van der Waals surface area contributed by atoms with Gasteiger partial charge in [0.15, 0.2) is 6.10 Å². The molecule has 1 aliphatic heterocycles. The van der Waals surface area contributed by atoms with Crippen LogP contribution in [0.3, 0.4) is 0 Å². The summed E-state index contributed by atoms with van der Waals surface area (Å²) in [4.78, 5) is 13.9. The van der Waals surface area contributed by atoms with Crippen LogP contribution in [0.1, 0.15) is 6.92 Å². The zero-order valence-corrected chi connectivity index (χ0v) is 16.4. The maximum atomic E-state index is 13.7. The number of anilines is 1. The Kier molecular flexibility index (Phi) is 6.33. The number of ether oxygens (including phenoxy) is 2. The van der Waals surface area contributed by atoms with Crippen LogP contribution in [0.15, 0.2) is 47.4 Å². The van der Waals surface area contributed by atoms with Crippen LogP contribution in [-0.2, 0) is 19.6 Å². The highest BCUT2D eigenvalue weighted by atomic mass is 32.2. The molecule has 7 nitrogen and oxygen atoms in total. The third-order valence-corrected chi connectivity index (χ3v) is 5.67. The number of nitrogens with zero attached hydrogens (tertiary/aromatic N) is 1. The largest absolute Gasteiger partial charge is 0.481 e. The van der Waals surface area contributed by atoms with E-state index in [1.807, 2.05) is 0 Å². The Bertz CT molecular complexity index is 977. The Morgan fingerprint density at radius 1 is 1.14 bits per heavy atom. The Hall–Kier alpha value is -2.72. The van der Waals surface area contributed by atoms with E-state index in [0.29, 0.717) is 38.1 Å². The monoisotopic (exact) mass is 426 g/mol. The number of hydrogen-bond acceptors (Lipinski definition) is 5. The topological polar surface area (TPSA) is 84.9 Å². The first-order chi connectivity index (χ1) is 13.8. The van der Waals surface area contributed by atoms with Crippen LogP contribution >= 0.6 is 0 Å². The minimum atomic E-state index is -4.08. The number of nitrogens with one attached hydrogen (secondary N) is 1. The Morgan fingerprint density at radius 2 is 1.79 bits per heavy atom. The Labute approximate surface area is 167 Å². The third kappa shape index (κ3) is 5.21. The van der Waals surface area contributed by atoms with E-state index >= 15 is 0 Å². The molecule has 0 aromatic heterocycles. The molecule has 2 aromatic carbocycles. The van der Waals surface area contributed by atoms with Gasteiger partial charge in [-0.05, 0) is 43.3 Å². The van der Waals surface area contributed by atoms with Crippen LogP contribution in [-0.4, -0.2) is 51.6 Å². The van der Waals surface area contributed by atoms with Crippen LogP contribution in [0.4, 0.5) is 14.5 Å². The molecule has 1 fully saturated rings. The van der Waals surface area contributed by atoms with E-state index in [0.717, 1.165) is 12.1 Å². The van der Waals surface area contributed by atoms with Crippen LogP contribution in [0.5, 0.6) is 5.75 Å². The molecule has 0 spiro atoms. The van der Waals surface area contributed by atoms with Crippen molar-refractivity contribution in [2.75, 3.05) is 31.0 Å². The summed E-state index contributed by atoms with van der Waals surface area (Å²) in [5, 5.41) is 0. The highest BCUT2D eigenvalue weighted by molar-refractivity contribution is 7.92. The lowest BCUT2D eigenvalue weighted by Gasteiger charge is -2.29. The second kappa shape index (κ2) is 8.75. The van der Waals surface area contributed by atoms with Gasteiger partial charge >= 0.3 is 0 Å². The molecule has 1 atom stereocenters. The van der Waals surface area contributed by atoms with Gasteiger partial charge < -0.3 is 14.4 Å². The number of hydrogen-bond donors (Lipinski definition) is 1. The minimum absolute atomic E-state index is 0.138. The second-order valence-electron chi connectivity index (χ2n) is 6.40. The van der Waals surface area contributed by atoms with Crippen molar-refractivity contribution in [1.29, 1.82) is 0 Å². The van der Waals surface area contributed by atoms with Gasteiger partial charge in [0, 0.05) is 19.2 Å². The molecule has 1 N–H and O–H groups in total. The molecule has 0 radical (unpaired) electrons. The number of halogens is 2. The number of benzene rings is 2. The summed E-state index contributed by atoms with van der Waals surface area (Å²) >= 11 is 0. The molecule has 10 heteroatoms. The van der Waals surface area contributed by atoms with Gasteiger partial charge in [-0.2, -0.15) is 0 Å². The lowest BCUT2D eigenvalue weighted by molar-refractivity contribution is -0.142. The molecule has 156 valence electrons. The SMILES string of the molecule is C[C@H](Oc1ccc(S(=O)(=O)Nc2ccc(F)cc2F)cc1)C(=O)N1CCOCC1. The first-order valence-corrected chi connectivity index (χ1v) is 10.4. The molecule has 1 heterocycles. The van der Waals surface area contributed by atoms with E-state index < -0.39 is 27.8 Å². The standard InChI is InChI=1S/C19H20F2N2O5S/c1-13(19(24)23-8-10-27-11-9-23)28-15-3-5-16(6-4-15)29(25,26)22-18-7-2-14(20)12-17(18)21/h2-7,12-13,22H,8-11H2,1H3/t13-/m0/s1. The van der Waals surface area contributed by atoms with Gasteiger partial charge in [0.1, 0.15) is 17.4 Å². The van der Waals surface area contributed by atoms with Gasteiger partial charge in [0.2, 0.25) is 0 Å². The summed E-state index contributed by atoms with van der Waals surface area (Å²) in [6.07, 6.45) is -0.748. The first kappa shape index (κ1) is 21.0. The highest BCUT2D eigenvalue weighted by Crippen LogP contribution is 2.22. The van der Waals surface area contributed by atoms with Crippen molar-refractivity contribution < 1.29 is 31.5 Å². The molecule has 3 rings (SSSR count). The molecule has 0 saturated carbocycles. The van der Waals surface area contributed by atoms with Crippen molar-refractivity contribution in [1.82, 2.24) is 4.90 Å². The number of sulfonamides is 1. The van der Waals surface area contributed by atoms with E-state index in [-0.39, 0.29) is 16.5 Å². The zero-order chi connectivity index (χ0) is 21.0. The van der Waals surface area contributed by atoms with Crippen LogP contribution < -0.4 is 9.46 Å². The lowest BCUT2D eigenvalue weighted by atomic mass is 10.3. The maximum absolute atomic E-state index is 13.7. The molecule has 29 heavy (non-hydrogen) atoms. The van der Waals surface area contributed by atoms with E-state index in [1.165, 1.54) is 24.3 Å². The summed E-state index contributed by atoms with van der Waals surface area (Å²) < 4.78 is 64.3. The summed E-state index contributed by atoms with van der Waals surface area (Å²) in [5.41, 5.74) is -0.364. The van der Waals surface area contributed by atoms with Crippen LogP contribution in [0, 0.1) is 11.6 Å². The van der Waals surface area contributed by atoms with Crippen LogP contribution in [0.25, 0.3) is 0 Å². The van der Waals surface area contributed by atoms with E-state index in [1.54, 1.807) is 11.8 Å². The van der Waals surface area contributed by atoms with E-state index in [9.17, 15) is 22.0 Å². The average Bonchev–Trinajstić information content (AvgIpc) is 2.70. The van der Waals surface area contributed by atoms with Gasteiger partial charge in [0.05, 0.1) is 23.8 Å². The lowest BCUT2D eigenvalue weighted by Crippen LogP contribution is -2.46. The van der Waals surface area contributed by atoms with Gasteiger partial charge in [-0.1, -0.05) is 0 Å². The van der Waals surface area contributed by atoms with Crippen molar-refractivity contribution >= 4 is 21.6 Å². The third-order valence-electron chi connectivity index (χ3n) is 4.29. The van der Waals surface area contributed by atoms with Crippen molar-refractivity contribution in [3.8, 4) is 5.75 Å². The number of rotatable bonds is 6. The predicted molar refractivity (Wildman–Crippen MR) is 101 cm³/mol. The fourth-order valence-corrected chi connectivity index (χ4v) is 3.84. The number of morpholine rings is 1. The van der Waals surface area contributed by atoms with Gasteiger partial charge in [-0.3, -0.25) is 9.52 Å². The predicted octanol–water partition coefficient (Wildman–Crippen LogP) is 2.39. The van der Waals surface area contributed by atoms with E-state index in [2.05, 4.69) is 4.72 Å². The molecule has 1 amide bonds.